The zero-order chi connectivity index (χ0) is 14.6. The van der Waals surface area contributed by atoms with Crippen LogP contribution in [0.4, 0.5) is 0 Å². The number of benzene rings is 1. The van der Waals surface area contributed by atoms with Crippen LogP contribution in [0.3, 0.4) is 0 Å². The lowest BCUT2D eigenvalue weighted by Crippen LogP contribution is -2.19. The highest BCUT2D eigenvalue weighted by Gasteiger charge is 2.30. The molecule has 1 aliphatic rings. The van der Waals surface area contributed by atoms with Gasteiger partial charge in [0, 0.05) is 0 Å². The highest BCUT2D eigenvalue weighted by molar-refractivity contribution is 7.91. The maximum atomic E-state index is 11.5. The number of nitrogens with two attached hydrogens (primary N) is 1. The lowest BCUT2D eigenvalue weighted by Gasteiger charge is -2.19. The van der Waals surface area contributed by atoms with Gasteiger partial charge in [0.25, 0.3) is 0 Å². The van der Waals surface area contributed by atoms with Gasteiger partial charge in [-0.1, -0.05) is 12.1 Å². The third kappa shape index (κ3) is 3.64. The Kier molecular flexibility index (Phi) is 4.88. The molecule has 1 saturated heterocycles. The number of hydrogen-bond acceptors (Lipinski definition) is 5. The predicted octanol–water partition coefficient (Wildman–Crippen LogP) is 1.15. The smallest absolute Gasteiger partial charge is 0.164 e. The first-order valence-electron chi connectivity index (χ1n) is 6.87. The van der Waals surface area contributed by atoms with Crippen molar-refractivity contribution in [3.63, 3.8) is 0 Å². The number of sulfone groups is 1. The summed E-state index contributed by atoms with van der Waals surface area (Å²) in [6, 6.07) is 5.67. The Hall–Kier alpha value is -1.27. The van der Waals surface area contributed by atoms with Crippen molar-refractivity contribution >= 4 is 9.84 Å². The Balaban J connectivity index is 2.23. The lowest BCUT2D eigenvalue weighted by molar-refractivity contribution is 0.210. The molecule has 0 radical (unpaired) electrons. The van der Waals surface area contributed by atoms with Gasteiger partial charge in [-0.25, -0.2) is 8.42 Å². The van der Waals surface area contributed by atoms with E-state index in [4.69, 9.17) is 15.2 Å². The summed E-state index contributed by atoms with van der Waals surface area (Å²) in [6.45, 7) is 2.94. The number of para-hydroxylation sites is 1. The van der Waals surface area contributed by atoms with E-state index in [-0.39, 0.29) is 17.6 Å². The molecule has 0 saturated carbocycles. The van der Waals surface area contributed by atoms with E-state index < -0.39 is 9.84 Å². The summed E-state index contributed by atoms with van der Waals surface area (Å²) in [5.74, 6) is 1.57. The van der Waals surface area contributed by atoms with Crippen LogP contribution in [-0.4, -0.2) is 39.2 Å². The van der Waals surface area contributed by atoms with Crippen molar-refractivity contribution < 1.29 is 17.9 Å². The van der Waals surface area contributed by atoms with E-state index in [1.807, 2.05) is 25.1 Å². The number of ether oxygens (including phenoxy) is 2. The molecule has 5 nitrogen and oxygen atoms in total. The average Bonchev–Trinajstić information content (AvgIpc) is 2.73. The molecule has 20 heavy (non-hydrogen) atoms. The van der Waals surface area contributed by atoms with Crippen LogP contribution in [0.1, 0.15) is 18.9 Å². The fourth-order valence-electron chi connectivity index (χ4n) is 2.34. The van der Waals surface area contributed by atoms with E-state index >= 15 is 0 Å². The highest BCUT2D eigenvalue weighted by atomic mass is 32.2. The molecule has 6 heteroatoms. The zero-order valence-electron chi connectivity index (χ0n) is 11.7. The van der Waals surface area contributed by atoms with Crippen molar-refractivity contribution in [2.24, 2.45) is 5.73 Å². The molecule has 1 atom stereocenters. The average molecular weight is 299 g/mol. The number of hydrogen-bond donors (Lipinski definition) is 1. The molecular formula is C14H21NO4S. The third-order valence-corrected chi connectivity index (χ3v) is 4.99. The van der Waals surface area contributed by atoms with Crippen molar-refractivity contribution in [2.75, 3.05) is 24.7 Å². The Morgan fingerprint density at radius 2 is 2.20 bits per heavy atom. The predicted molar refractivity (Wildman–Crippen MR) is 78.1 cm³/mol. The van der Waals surface area contributed by atoms with Gasteiger partial charge in [-0.15, -0.1) is 0 Å². The van der Waals surface area contributed by atoms with E-state index in [1.54, 1.807) is 0 Å². The van der Waals surface area contributed by atoms with Gasteiger partial charge in [0.05, 0.1) is 18.1 Å². The summed E-state index contributed by atoms with van der Waals surface area (Å²) >= 11 is 0. The molecule has 1 aromatic carbocycles. The summed E-state index contributed by atoms with van der Waals surface area (Å²) in [5, 5.41) is 0. The van der Waals surface area contributed by atoms with Crippen molar-refractivity contribution in [2.45, 2.75) is 25.9 Å². The maximum Gasteiger partial charge on any atom is 0.164 e. The second-order valence-electron chi connectivity index (χ2n) is 4.86. The lowest BCUT2D eigenvalue weighted by atomic mass is 10.1. The van der Waals surface area contributed by atoms with Gasteiger partial charge in [-0.3, -0.25) is 0 Å². The van der Waals surface area contributed by atoms with Crippen LogP contribution in [0.2, 0.25) is 0 Å². The van der Waals surface area contributed by atoms with E-state index in [9.17, 15) is 8.42 Å². The second-order valence-corrected chi connectivity index (χ2v) is 7.09. The van der Waals surface area contributed by atoms with E-state index in [2.05, 4.69) is 0 Å². The van der Waals surface area contributed by atoms with Gasteiger partial charge in [0.1, 0.15) is 6.10 Å². The second kappa shape index (κ2) is 6.45. The molecule has 1 aromatic rings. The van der Waals surface area contributed by atoms with Gasteiger partial charge >= 0.3 is 0 Å². The summed E-state index contributed by atoms with van der Waals surface area (Å²) in [5.41, 5.74) is 6.57. The summed E-state index contributed by atoms with van der Waals surface area (Å²) in [6.07, 6.45) is 0.916. The van der Waals surface area contributed by atoms with Crippen LogP contribution in [0.25, 0.3) is 0 Å². The first kappa shape index (κ1) is 15.1. The van der Waals surface area contributed by atoms with Gasteiger partial charge in [-0.2, -0.15) is 0 Å². The van der Waals surface area contributed by atoms with Crippen LogP contribution < -0.4 is 15.2 Å². The molecule has 1 heterocycles. The Morgan fingerprint density at radius 3 is 2.80 bits per heavy atom. The number of rotatable bonds is 6. The first-order chi connectivity index (χ1) is 9.55. The van der Waals surface area contributed by atoms with E-state index in [0.29, 0.717) is 37.5 Å². The molecular weight excluding hydrogens is 278 g/mol. The monoisotopic (exact) mass is 299 g/mol. The third-order valence-electron chi connectivity index (χ3n) is 3.25. The molecule has 0 spiro atoms. The normalized spacial score (nSPS) is 20.8. The molecule has 1 aliphatic heterocycles. The minimum absolute atomic E-state index is 0.0789. The topological polar surface area (TPSA) is 78.6 Å². The fourth-order valence-corrected chi connectivity index (χ4v) is 3.93. The highest BCUT2D eigenvalue weighted by Crippen LogP contribution is 2.34. The first-order valence-corrected chi connectivity index (χ1v) is 8.69. The Bertz CT molecular complexity index is 532. The zero-order valence-corrected chi connectivity index (χ0v) is 12.5. The van der Waals surface area contributed by atoms with Gasteiger partial charge in [-0.05, 0) is 37.9 Å². The molecule has 2 rings (SSSR count). The standard InChI is InChI=1S/C14H21NO4S/c1-2-18-13-5-3-4-11(6-8-15)14(13)19-12-7-9-20(16,17)10-12/h3-5,12H,2,6-10,15H2,1H3. The van der Waals surface area contributed by atoms with E-state index in [0.717, 1.165) is 5.56 Å². The molecule has 112 valence electrons. The molecule has 0 amide bonds. The van der Waals surface area contributed by atoms with Gasteiger partial charge in [0.2, 0.25) is 0 Å². The SMILES string of the molecule is CCOc1cccc(CCN)c1OC1CCS(=O)(=O)C1. The van der Waals surface area contributed by atoms with Crippen LogP contribution in [0, 0.1) is 0 Å². The minimum Gasteiger partial charge on any atom is -0.490 e. The van der Waals surface area contributed by atoms with Gasteiger partial charge in [0.15, 0.2) is 21.3 Å². The summed E-state index contributed by atoms with van der Waals surface area (Å²) in [7, 11) is -2.96. The largest absolute Gasteiger partial charge is 0.490 e. The molecule has 0 bridgehead atoms. The minimum atomic E-state index is -2.96. The molecule has 0 aliphatic carbocycles. The molecule has 1 unspecified atom stereocenters. The molecule has 2 N–H and O–H groups in total. The quantitative estimate of drug-likeness (QED) is 0.852. The Morgan fingerprint density at radius 1 is 1.40 bits per heavy atom. The fraction of sp³-hybridized carbons (Fsp3) is 0.571. The van der Waals surface area contributed by atoms with Crippen molar-refractivity contribution in [1.82, 2.24) is 0 Å². The van der Waals surface area contributed by atoms with Crippen LogP contribution >= 0.6 is 0 Å². The van der Waals surface area contributed by atoms with Crippen LogP contribution in [0.15, 0.2) is 18.2 Å². The van der Waals surface area contributed by atoms with Crippen molar-refractivity contribution in [3.05, 3.63) is 23.8 Å². The van der Waals surface area contributed by atoms with Crippen molar-refractivity contribution in [1.29, 1.82) is 0 Å². The summed E-state index contributed by atoms with van der Waals surface area (Å²) in [4.78, 5) is 0. The summed E-state index contributed by atoms with van der Waals surface area (Å²) < 4.78 is 34.5. The van der Waals surface area contributed by atoms with Crippen LogP contribution in [-0.2, 0) is 16.3 Å². The van der Waals surface area contributed by atoms with Crippen LogP contribution in [0.5, 0.6) is 11.5 Å². The Labute approximate surface area is 120 Å². The molecule has 1 fully saturated rings. The maximum absolute atomic E-state index is 11.5. The van der Waals surface area contributed by atoms with Crippen molar-refractivity contribution in [3.8, 4) is 11.5 Å². The molecule has 0 aromatic heterocycles. The van der Waals surface area contributed by atoms with E-state index in [1.165, 1.54) is 0 Å². The van der Waals surface area contributed by atoms with Gasteiger partial charge < -0.3 is 15.2 Å².